The number of nitrogens with zero attached hydrogens (tertiary/aromatic N) is 1. The Morgan fingerprint density at radius 1 is 1.28 bits per heavy atom. The van der Waals surface area contributed by atoms with Crippen LogP contribution in [0.3, 0.4) is 0 Å². The quantitative estimate of drug-likeness (QED) is 0.717. The molecule has 0 spiro atoms. The molecule has 4 nitrogen and oxygen atoms in total. The molecule has 1 aliphatic rings. The number of hydrogen-bond donors (Lipinski definition) is 1. The summed E-state index contributed by atoms with van der Waals surface area (Å²) in [6.45, 7) is 2.62. The average Bonchev–Trinajstić information content (AvgIpc) is 3.29. The van der Waals surface area contributed by atoms with Crippen molar-refractivity contribution in [2.24, 2.45) is 0 Å². The second-order valence-electron chi connectivity index (χ2n) is 5.99. The molecule has 0 saturated carbocycles. The molecule has 1 aliphatic heterocycles. The van der Waals surface area contributed by atoms with Crippen molar-refractivity contribution in [3.05, 3.63) is 58.0 Å². The van der Waals surface area contributed by atoms with Gasteiger partial charge >= 0.3 is 0 Å². The molecule has 1 aromatic heterocycles. The van der Waals surface area contributed by atoms with Crippen molar-refractivity contribution in [2.45, 2.75) is 32.0 Å². The second kappa shape index (κ2) is 8.90. The summed E-state index contributed by atoms with van der Waals surface area (Å²) in [5, 5.41) is 5.26. The van der Waals surface area contributed by atoms with Crippen molar-refractivity contribution in [2.75, 3.05) is 13.2 Å². The van der Waals surface area contributed by atoms with Crippen LogP contribution in [0.1, 0.15) is 24.2 Å². The highest BCUT2D eigenvalue weighted by atomic mass is 35.5. The monoisotopic (exact) mass is 398 g/mol. The van der Waals surface area contributed by atoms with E-state index in [0.29, 0.717) is 34.8 Å². The predicted octanol–water partition coefficient (Wildman–Crippen LogP) is 4.64. The van der Waals surface area contributed by atoms with Crippen molar-refractivity contribution >= 4 is 40.5 Å². The number of ether oxygens (including phenoxy) is 1. The van der Waals surface area contributed by atoms with Crippen LogP contribution < -0.4 is 5.32 Å². The van der Waals surface area contributed by atoms with E-state index in [2.05, 4.69) is 5.32 Å². The fraction of sp³-hybridized carbons (Fsp3) is 0.389. The first-order chi connectivity index (χ1) is 12.1. The number of rotatable bonds is 6. The summed E-state index contributed by atoms with van der Waals surface area (Å²) >= 11 is 18.0. The van der Waals surface area contributed by atoms with E-state index in [1.165, 1.54) is 0 Å². The second-order valence-corrected chi connectivity index (χ2v) is 7.22. The molecule has 1 fully saturated rings. The Bertz CT molecular complexity index is 703. The molecule has 0 bridgehead atoms. The van der Waals surface area contributed by atoms with Gasteiger partial charge in [0.25, 0.3) is 0 Å². The Morgan fingerprint density at radius 2 is 2.16 bits per heavy atom. The van der Waals surface area contributed by atoms with Gasteiger partial charge < -0.3 is 19.4 Å². The SMILES string of the molecule is S=C(NCC1CCCO1)N(Cc1ccco1)Cc1cc(Cl)ccc1Cl. The third-order valence-electron chi connectivity index (χ3n) is 4.09. The van der Waals surface area contributed by atoms with E-state index >= 15 is 0 Å². The van der Waals surface area contributed by atoms with Crippen LogP contribution in [0.2, 0.25) is 10.0 Å². The topological polar surface area (TPSA) is 37.6 Å². The first-order valence-corrected chi connectivity index (χ1v) is 9.39. The molecule has 134 valence electrons. The van der Waals surface area contributed by atoms with Crippen LogP contribution in [0, 0.1) is 0 Å². The zero-order valence-electron chi connectivity index (χ0n) is 13.7. The van der Waals surface area contributed by atoms with E-state index in [-0.39, 0.29) is 6.10 Å². The number of hydrogen-bond acceptors (Lipinski definition) is 3. The fourth-order valence-electron chi connectivity index (χ4n) is 2.78. The summed E-state index contributed by atoms with van der Waals surface area (Å²) in [6.07, 6.45) is 4.04. The maximum absolute atomic E-state index is 6.32. The van der Waals surface area contributed by atoms with E-state index < -0.39 is 0 Å². The average molecular weight is 399 g/mol. The fourth-order valence-corrected chi connectivity index (χ4v) is 3.36. The zero-order chi connectivity index (χ0) is 17.6. The summed E-state index contributed by atoms with van der Waals surface area (Å²) in [5.41, 5.74) is 0.919. The predicted molar refractivity (Wildman–Crippen MR) is 104 cm³/mol. The smallest absolute Gasteiger partial charge is 0.169 e. The standard InChI is InChI=1S/C18H20Cl2N2O2S/c19-14-5-6-17(20)13(9-14)11-22(12-16-4-2-8-24-16)18(25)21-10-15-3-1-7-23-15/h2,4-6,8-9,15H,1,3,7,10-12H2,(H,21,25). The van der Waals surface area contributed by atoms with Gasteiger partial charge in [0, 0.05) is 29.7 Å². The van der Waals surface area contributed by atoms with E-state index in [4.69, 9.17) is 44.6 Å². The van der Waals surface area contributed by atoms with Crippen molar-refractivity contribution in [3.8, 4) is 0 Å². The van der Waals surface area contributed by atoms with Crippen LogP contribution in [0.4, 0.5) is 0 Å². The highest BCUT2D eigenvalue weighted by Gasteiger charge is 2.19. The molecule has 1 N–H and O–H groups in total. The maximum atomic E-state index is 6.32. The van der Waals surface area contributed by atoms with Gasteiger partial charge in [-0.1, -0.05) is 23.2 Å². The van der Waals surface area contributed by atoms with E-state index in [0.717, 1.165) is 30.8 Å². The largest absolute Gasteiger partial charge is 0.467 e. The number of thiocarbonyl (C=S) groups is 1. The first kappa shape index (κ1) is 18.5. The van der Waals surface area contributed by atoms with Crippen molar-refractivity contribution in [1.82, 2.24) is 10.2 Å². The minimum absolute atomic E-state index is 0.221. The summed E-state index contributed by atoms with van der Waals surface area (Å²) in [4.78, 5) is 2.01. The van der Waals surface area contributed by atoms with Gasteiger partial charge in [0.1, 0.15) is 5.76 Å². The van der Waals surface area contributed by atoms with Gasteiger partial charge in [-0.05, 0) is 61.0 Å². The lowest BCUT2D eigenvalue weighted by Crippen LogP contribution is -2.42. The van der Waals surface area contributed by atoms with E-state index in [1.54, 1.807) is 18.4 Å². The number of furan rings is 1. The third kappa shape index (κ3) is 5.35. The number of benzene rings is 1. The Morgan fingerprint density at radius 3 is 2.88 bits per heavy atom. The highest BCUT2D eigenvalue weighted by molar-refractivity contribution is 7.80. The Hall–Kier alpha value is -1.27. The van der Waals surface area contributed by atoms with Crippen LogP contribution in [0.5, 0.6) is 0 Å². The van der Waals surface area contributed by atoms with Crippen LogP contribution in [-0.4, -0.2) is 29.3 Å². The Labute approximate surface area is 163 Å². The minimum Gasteiger partial charge on any atom is -0.467 e. The van der Waals surface area contributed by atoms with Gasteiger partial charge in [0.2, 0.25) is 0 Å². The molecule has 1 atom stereocenters. The lowest BCUT2D eigenvalue weighted by Gasteiger charge is -2.26. The molecule has 2 heterocycles. The summed E-state index contributed by atoms with van der Waals surface area (Å²) in [5.74, 6) is 0.833. The van der Waals surface area contributed by atoms with Crippen LogP contribution in [-0.2, 0) is 17.8 Å². The van der Waals surface area contributed by atoms with Crippen LogP contribution in [0.25, 0.3) is 0 Å². The van der Waals surface area contributed by atoms with Gasteiger partial charge in [-0.3, -0.25) is 0 Å². The maximum Gasteiger partial charge on any atom is 0.169 e. The molecular weight excluding hydrogens is 379 g/mol. The van der Waals surface area contributed by atoms with Crippen molar-refractivity contribution in [3.63, 3.8) is 0 Å². The molecule has 1 unspecified atom stereocenters. The van der Waals surface area contributed by atoms with Crippen molar-refractivity contribution < 1.29 is 9.15 Å². The van der Waals surface area contributed by atoms with Gasteiger partial charge in [-0.2, -0.15) is 0 Å². The van der Waals surface area contributed by atoms with E-state index in [1.807, 2.05) is 23.1 Å². The highest BCUT2D eigenvalue weighted by Crippen LogP contribution is 2.23. The van der Waals surface area contributed by atoms with Crippen LogP contribution >= 0.6 is 35.4 Å². The normalized spacial score (nSPS) is 16.8. The Kier molecular flexibility index (Phi) is 6.59. The summed E-state index contributed by atoms with van der Waals surface area (Å²) in [7, 11) is 0. The number of halogens is 2. The molecule has 7 heteroatoms. The van der Waals surface area contributed by atoms with E-state index in [9.17, 15) is 0 Å². The van der Waals surface area contributed by atoms with Gasteiger partial charge in [0.05, 0.1) is 18.9 Å². The molecule has 25 heavy (non-hydrogen) atoms. The van der Waals surface area contributed by atoms with Crippen molar-refractivity contribution in [1.29, 1.82) is 0 Å². The summed E-state index contributed by atoms with van der Waals surface area (Å²) in [6, 6.07) is 9.23. The summed E-state index contributed by atoms with van der Waals surface area (Å²) < 4.78 is 11.1. The van der Waals surface area contributed by atoms with Gasteiger partial charge in [0.15, 0.2) is 5.11 Å². The molecular formula is C18H20Cl2N2O2S. The molecule has 1 aromatic carbocycles. The number of nitrogens with one attached hydrogen (secondary N) is 1. The first-order valence-electron chi connectivity index (χ1n) is 8.22. The molecule has 0 radical (unpaired) electrons. The van der Waals surface area contributed by atoms with Crippen LogP contribution in [0.15, 0.2) is 41.0 Å². The molecule has 2 aromatic rings. The molecule has 1 saturated heterocycles. The van der Waals surface area contributed by atoms with Gasteiger partial charge in [-0.25, -0.2) is 0 Å². The molecule has 0 aliphatic carbocycles. The zero-order valence-corrected chi connectivity index (χ0v) is 16.0. The lowest BCUT2D eigenvalue weighted by atomic mass is 10.2. The third-order valence-corrected chi connectivity index (χ3v) is 5.09. The Balaban J connectivity index is 1.69. The molecule has 3 rings (SSSR count). The van der Waals surface area contributed by atoms with Gasteiger partial charge in [-0.15, -0.1) is 0 Å². The lowest BCUT2D eigenvalue weighted by molar-refractivity contribution is 0.113. The minimum atomic E-state index is 0.221. The molecule has 0 amide bonds.